The fourth-order valence-electron chi connectivity index (χ4n) is 1.36. The number of carbonyl (C=O) groups is 1. The van der Waals surface area contributed by atoms with E-state index in [1.807, 2.05) is 0 Å². The van der Waals surface area contributed by atoms with E-state index in [2.05, 4.69) is 6.92 Å². The molecule has 0 aromatic rings. The van der Waals surface area contributed by atoms with E-state index in [0.29, 0.717) is 6.61 Å². The molecule has 0 radical (unpaired) electrons. The highest BCUT2D eigenvalue weighted by Crippen LogP contribution is 2.12. The van der Waals surface area contributed by atoms with Crippen LogP contribution in [0.5, 0.6) is 0 Å². The van der Waals surface area contributed by atoms with Crippen LogP contribution in [-0.2, 0) is 9.53 Å². The molecule has 0 spiro atoms. The lowest BCUT2D eigenvalue weighted by Crippen LogP contribution is -2.21. The lowest BCUT2D eigenvalue weighted by molar-refractivity contribution is -0.149. The van der Waals surface area contributed by atoms with Gasteiger partial charge in [0.25, 0.3) is 0 Å². The van der Waals surface area contributed by atoms with Crippen molar-refractivity contribution in [2.24, 2.45) is 5.92 Å². The Morgan fingerprint density at radius 3 is 2.25 bits per heavy atom. The summed E-state index contributed by atoms with van der Waals surface area (Å²) in [7, 11) is 1.00. The molecule has 0 amide bonds. The Kier molecular flexibility index (Phi) is 16.0. The number of rotatable bonds is 8. The van der Waals surface area contributed by atoms with Gasteiger partial charge < -0.3 is 14.9 Å². The van der Waals surface area contributed by atoms with Crippen molar-refractivity contribution in [1.82, 2.24) is 0 Å². The largest absolute Gasteiger partial charge is 0.466 e. The highest BCUT2D eigenvalue weighted by Gasteiger charge is 2.17. The van der Waals surface area contributed by atoms with E-state index in [9.17, 15) is 4.79 Å². The van der Waals surface area contributed by atoms with E-state index < -0.39 is 0 Å². The summed E-state index contributed by atoms with van der Waals surface area (Å²) >= 11 is 0. The summed E-state index contributed by atoms with van der Waals surface area (Å²) in [5.74, 6) is -0.571. The maximum atomic E-state index is 11.3. The first-order chi connectivity index (χ1) is 7.76. The summed E-state index contributed by atoms with van der Waals surface area (Å²) in [5, 5.41) is 16.0. The number of carbonyl (C=O) groups excluding carboxylic acids is 1. The van der Waals surface area contributed by atoms with Crippen molar-refractivity contribution in [3.05, 3.63) is 0 Å². The van der Waals surface area contributed by atoms with Crippen LogP contribution >= 0.6 is 0 Å². The Labute approximate surface area is 98.6 Å². The van der Waals surface area contributed by atoms with Gasteiger partial charge in [0, 0.05) is 7.11 Å². The van der Waals surface area contributed by atoms with Gasteiger partial charge >= 0.3 is 5.97 Å². The van der Waals surface area contributed by atoms with Crippen molar-refractivity contribution >= 4 is 5.97 Å². The number of hydrogen-bond donors (Lipinski definition) is 2. The molecule has 0 rings (SSSR count). The fraction of sp³-hybridized carbons (Fsp3) is 0.917. The minimum atomic E-state index is -0.313. The molecule has 0 heterocycles. The highest BCUT2D eigenvalue weighted by atomic mass is 16.5. The molecule has 16 heavy (non-hydrogen) atoms. The van der Waals surface area contributed by atoms with E-state index in [1.54, 1.807) is 6.92 Å². The number of esters is 1. The van der Waals surface area contributed by atoms with E-state index in [-0.39, 0.29) is 18.5 Å². The second-order valence-electron chi connectivity index (χ2n) is 3.48. The molecule has 98 valence electrons. The van der Waals surface area contributed by atoms with Gasteiger partial charge in [-0.25, -0.2) is 0 Å². The smallest absolute Gasteiger partial charge is 0.311 e. The number of hydrogen-bond acceptors (Lipinski definition) is 4. The predicted octanol–water partition coefficient (Wildman–Crippen LogP) is 1.74. The van der Waals surface area contributed by atoms with E-state index in [4.69, 9.17) is 14.9 Å². The van der Waals surface area contributed by atoms with Gasteiger partial charge in [-0.3, -0.25) is 4.79 Å². The molecular weight excluding hydrogens is 208 g/mol. The minimum absolute atomic E-state index is 0.0923. The maximum Gasteiger partial charge on any atom is 0.311 e. The lowest BCUT2D eigenvalue weighted by atomic mass is 10.0. The summed E-state index contributed by atoms with van der Waals surface area (Å²) in [4.78, 5) is 11.3. The van der Waals surface area contributed by atoms with Crippen molar-refractivity contribution in [2.45, 2.75) is 46.0 Å². The Morgan fingerprint density at radius 2 is 1.81 bits per heavy atom. The Bertz CT molecular complexity index is 148. The molecule has 0 saturated carbocycles. The van der Waals surface area contributed by atoms with E-state index in [0.717, 1.165) is 26.4 Å². The summed E-state index contributed by atoms with van der Waals surface area (Å²) < 4.78 is 4.85. The van der Waals surface area contributed by atoms with E-state index >= 15 is 0 Å². The van der Waals surface area contributed by atoms with Gasteiger partial charge in [0.1, 0.15) is 0 Å². The molecule has 0 aromatic heterocycles. The van der Waals surface area contributed by atoms with Crippen molar-refractivity contribution in [3.63, 3.8) is 0 Å². The van der Waals surface area contributed by atoms with Gasteiger partial charge in [0.2, 0.25) is 0 Å². The van der Waals surface area contributed by atoms with Crippen LogP contribution in [0, 0.1) is 5.92 Å². The Morgan fingerprint density at radius 1 is 1.19 bits per heavy atom. The monoisotopic (exact) mass is 234 g/mol. The summed E-state index contributed by atoms with van der Waals surface area (Å²) in [6.45, 7) is 4.23. The lowest BCUT2D eigenvalue weighted by Gasteiger charge is -2.12. The predicted molar refractivity (Wildman–Crippen MR) is 64.1 cm³/mol. The van der Waals surface area contributed by atoms with Crippen LogP contribution < -0.4 is 0 Å². The Hall–Kier alpha value is -0.610. The molecule has 4 nitrogen and oxygen atoms in total. The standard InChI is InChI=1S/C11H22O3.CH4O/c1-3-5-6-7-8-10(9-12)11(13)14-4-2;1-2/h10,12H,3-9H2,1-2H3;2H,1H3. The number of aliphatic hydroxyl groups excluding tert-OH is 2. The molecule has 1 atom stereocenters. The average molecular weight is 234 g/mol. The molecule has 0 fully saturated rings. The van der Waals surface area contributed by atoms with E-state index in [1.165, 1.54) is 12.8 Å². The second-order valence-corrected chi connectivity index (χ2v) is 3.48. The molecule has 0 aliphatic carbocycles. The second kappa shape index (κ2) is 14.4. The first-order valence-electron chi connectivity index (χ1n) is 5.98. The molecule has 0 aromatic carbocycles. The summed E-state index contributed by atoms with van der Waals surface area (Å²) in [5.41, 5.74) is 0. The third-order valence-corrected chi connectivity index (χ3v) is 2.25. The van der Waals surface area contributed by atoms with Gasteiger partial charge in [-0.2, -0.15) is 0 Å². The van der Waals surface area contributed by atoms with Gasteiger partial charge in [0.05, 0.1) is 19.1 Å². The SMILES string of the molecule is CCCCCCC(CO)C(=O)OCC.CO. The zero-order valence-corrected chi connectivity index (χ0v) is 10.7. The molecule has 1 unspecified atom stereocenters. The van der Waals surface area contributed by atoms with Gasteiger partial charge in [0.15, 0.2) is 0 Å². The normalized spacial score (nSPS) is 11.3. The molecular formula is C12H26O4. The first kappa shape index (κ1) is 17.8. The van der Waals surface area contributed by atoms with Gasteiger partial charge in [-0.1, -0.05) is 32.6 Å². The van der Waals surface area contributed by atoms with Gasteiger partial charge in [-0.15, -0.1) is 0 Å². The van der Waals surface area contributed by atoms with Crippen LogP contribution in [-0.4, -0.2) is 36.5 Å². The van der Waals surface area contributed by atoms with Crippen LogP contribution in [0.15, 0.2) is 0 Å². The van der Waals surface area contributed by atoms with Crippen molar-refractivity contribution < 1.29 is 19.7 Å². The van der Waals surface area contributed by atoms with Gasteiger partial charge in [-0.05, 0) is 13.3 Å². The minimum Gasteiger partial charge on any atom is -0.466 e. The van der Waals surface area contributed by atoms with Crippen LogP contribution in [0.2, 0.25) is 0 Å². The third kappa shape index (κ3) is 9.93. The number of unbranched alkanes of at least 4 members (excludes halogenated alkanes) is 3. The molecule has 0 aliphatic heterocycles. The highest BCUT2D eigenvalue weighted by molar-refractivity contribution is 5.72. The molecule has 4 heteroatoms. The molecule has 0 saturated heterocycles. The zero-order valence-electron chi connectivity index (χ0n) is 10.7. The van der Waals surface area contributed by atoms with Crippen LogP contribution in [0.25, 0.3) is 0 Å². The van der Waals surface area contributed by atoms with Crippen molar-refractivity contribution in [2.75, 3.05) is 20.3 Å². The maximum absolute atomic E-state index is 11.3. The first-order valence-corrected chi connectivity index (χ1v) is 5.98. The van der Waals surface area contributed by atoms with Crippen LogP contribution in [0.3, 0.4) is 0 Å². The van der Waals surface area contributed by atoms with Crippen LogP contribution in [0.1, 0.15) is 46.0 Å². The summed E-state index contributed by atoms with van der Waals surface area (Å²) in [6.07, 6.45) is 5.25. The topological polar surface area (TPSA) is 66.8 Å². The molecule has 0 bridgehead atoms. The average Bonchev–Trinajstić information content (AvgIpc) is 2.32. The molecule has 2 N–H and O–H groups in total. The zero-order chi connectivity index (χ0) is 12.8. The van der Waals surface area contributed by atoms with Crippen molar-refractivity contribution in [3.8, 4) is 0 Å². The third-order valence-electron chi connectivity index (χ3n) is 2.25. The Balaban J connectivity index is 0. The quantitative estimate of drug-likeness (QED) is 0.496. The fourth-order valence-corrected chi connectivity index (χ4v) is 1.36. The number of aliphatic hydroxyl groups is 2. The number of ether oxygens (including phenoxy) is 1. The summed E-state index contributed by atoms with van der Waals surface area (Å²) in [6, 6.07) is 0. The van der Waals surface area contributed by atoms with Crippen LogP contribution in [0.4, 0.5) is 0 Å². The van der Waals surface area contributed by atoms with Crippen molar-refractivity contribution in [1.29, 1.82) is 0 Å². The molecule has 0 aliphatic rings.